The van der Waals surface area contributed by atoms with Crippen molar-refractivity contribution in [1.82, 2.24) is 20.1 Å². The van der Waals surface area contributed by atoms with E-state index in [0.29, 0.717) is 16.9 Å². The van der Waals surface area contributed by atoms with Crippen LogP contribution in [0.1, 0.15) is 15.9 Å². The van der Waals surface area contributed by atoms with Gasteiger partial charge < -0.3 is 14.8 Å². The lowest BCUT2D eigenvalue weighted by atomic mass is 10.1. The molecular formula is C19H19N5O5. The van der Waals surface area contributed by atoms with Gasteiger partial charge in [0.1, 0.15) is 12.7 Å². The highest BCUT2D eigenvalue weighted by molar-refractivity contribution is 5.94. The van der Waals surface area contributed by atoms with Gasteiger partial charge in [0.2, 0.25) is 0 Å². The molecule has 0 spiro atoms. The van der Waals surface area contributed by atoms with Crippen LogP contribution in [0.3, 0.4) is 0 Å². The Morgan fingerprint density at radius 1 is 1.17 bits per heavy atom. The summed E-state index contributed by atoms with van der Waals surface area (Å²) in [6.45, 7) is 0.222. The molecule has 3 rings (SSSR count). The Morgan fingerprint density at radius 2 is 1.86 bits per heavy atom. The molecule has 1 heterocycles. The summed E-state index contributed by atoms with van der Waals surface area (Å²) in [5.74, 6) is 0.390. The third-order valence-electron chi connectivity index (χ3n) is 4.27. The third-order valence-corrected chi connectivity index (χ3v) is 4.27. The van der Waals surface area contributed by atoms with E-state index in [1.54, 1.807) is 41.3 Å². The molecule has 0 bridgehead atoms. The summed E-state index contributed by atoms with van der Waals surface area (Å²) >= 11 is 0. The minimum absolute atomic E-state index is 0.0888. The van der Waals surface area contributed by atoms with Crippen LogP contribution in [0.5, 0.6) is 11.5 Å². The summed E-state index contributed by atoms with van der Waals surface area (Å²) in [4.78, 5) is 27.1. The van der Waals surface area contributed by atoms with Gasteiger partial charge in [-0.3, -0.25) is 14.9 Å². The normalized spacial score (nSPS) is 10.4. The van der Waals surface area contributed by atoms with E-state index in [1.165, 1.54) is 26.6 Å². The molecule has 0 saturated carbocycles. The summed E-state index contributed by atoms with van der Waals surface area (Å²) in [6, 6.07) is 9.72. The fraction of sp³-hybridized carbons (Fsp3) is 0.211. The molecule has 0 radical (unpaired) electrons. The van der Waals surface area contributed by atoms with Crippen molar-refractivity contribution in [1.29, 1.82) is 0 Å². The van der Waals surface area contributed by atoms with Crippen molar-refractivity contribution in [2.45, 2.75) is 6.42 Å². The Labute approximate surface area is 166 Å². The van der Waals surface area contributed by atoms with Gasteiger partial charge in [0, 0.05) is 17.7 Å². The van der Waals surface area contributed by atoms with Crippen LogP contribution in [0, 0.1) is 10.1 Å². The van der Waals surface area contributed by atoms with Crippen molar-refractivity contribution in [2.24, 2.45) is 0 Å². The summed E-state index contributed by atoms with van der Waals surface area (Å²) < 4.78 is 11.9. The molecule has 0 aliphatic rings. The van der Waals surface area contributed by atoms with E-state index >= 15 is 0 Å². The van der Waals surface area contributed by atoms with Crippen LogP contribution in [0.15, 0.2) is 49.1 Å². The lowest BCUT2D eigenvalue weighted by Gasteiger charge is -2.11. The van der Waals surface area contributed by atoms with E-state index < -0.39 is 4.92 Å². The van der Waals surface area contributed by atoms with Crippen LogP contribution in [0.4, 0.5) is 5.69 Å². The Bertz CT molecular complexity index is 1000. The third kappa shape index (κ3) is 4.49. The first-order valence-electron chi connectivity index (χ1n) is 8.66. The van der Waals surface area contributed by atoms with Gasteiger partial charge in [-0.25, -0.2) is 9.67 Å². The summed E-state index contributed by atoms with van der Waals surface area (Å²) in [7, 11) is 2.87. The number of carbonyl (C=O) groups is 1. The maximum absolute atomic E-state index is 12.4. The lowest BCUT2D eigenvalue weighted by Crippen LogP contribution is -2.25. The smallest absolute Gasteiger partial charge is 0.276 e. The SMILES string of the molecule is COc1cc(CCNC(=O)c2ccc(-n3cncn3)cc2)c([N+](=O)[O-])cc1OC. The van der Waals surface area contributed by atoms with Crippen molar-refractivity contribution < 1.29 is 19.2 Å². The maximum atomic E-state index is 12.4. The van der Waals surface area contributed by atoms with Crippen molar-refractivity contribution >= 4 is 11.6 Å². The zero-order valence-electron chi connectivity index (χ0n) is 15.9. The molecule has 0 aliphatic carbocycles. The van der Waals surface area contributed by atoms with E-state index in [-0.39, 0.29) is 30.3 Å². The summed E-state index contributed by atoms with van der Waals surface area (Å²) in [5, 5.41) is 18.1. The number of hydrogen-bond acceptors (Lipinski definition) is 7. The highest BCUT2D eigenvalue weighted by Crippen LogP contribution is 2.34. The average molecular weight is 397 g/mol. The quantitative estimate of drug-likeness (QED) is 0.457. The number of amides is 1. The van der Waals surface area contributed by atoms with Crippen LogP contribution in [0.25, 0.3) is 5.69 Å². The average Bonchev–Trinajstić information content (AvgIpc) is 3.28. The number of nitro groups is 1. The first-order chi connectivity index (χ1) is 14.0. The number of nitro benzene ring substituents is 1. The number of ether oxygens (including phenoxy) is 2. The van der Waals surface area contributed by atoms with E-state index in [4.69, 9.17) is 9.47 Å². The number of aromatic nitrogens is 3. The second kappa shape index (κ2) is 8.83. The zero-order chi connectivity index (χ0) is 20.8. The summed E-state index contributed by atoms with van der Waals surface area (Å²) in [6.07, 6.45) is 3.25. The molecule has 0 fully saturated rings. The summed E-state index contributed by atoms with van der Waals surface area (Å²) in [5.41, 5.74) is 1.60. The van der Waals surface area contributed by atoms with Gasteiger partial charge in [-0.1, -0.05) is 0 Å². The second-order valence-electron chi connectivity index (χ2n) is 5.99. The fourth-order valence-corrected chi connectivity index (χ4v) is 2.80. The number of rotatable bonds is 8. The van der Waals surface area contributed by atoms with Gasteiger partial charge >= 0.3 is 0 Å². The predicted octanol–water partition coefficient (Wildman–Crippen LogP) is 2.17. The first kappa shape index (κ1) is 19.8. The van der Waals surface area contributed by atoms with Crippen molar-refractivity contribution in [3.8, 4) is 17.2 Å². The van der Waals surface area contributed by atoms with Gasteiger partial charge in [0.05, 0.1) is 30.9 Å². The van der Waals surface area contributed by atoms with E-state index in [0.717, 1.165) is 5.69 Å². The minimum Gasteiger partial charge on any atom is -0.493 e. The van der Waals surface area contributed by atoms with Crippen molar-refractivity contribution in [2.75, 3.05) is 20.8 Å². The molecule has 1 amide bonds. The van der Waals surface area contributed by atoms with Crippen LogP contribution in [-0.2, 0) is 6.42 Å². The Morgan fingerprint density at radius 3 is 2.45 bits per heavy atom. The topological polar surface area (TPSA) is 121 Å². The van der Waals surface area contributed by atoms with E-state index in [9.17, 15) is 14.9 Å². The van der Waals surface area contributed by atoms with Gasteiger partial charge in [0.15, 0.2) is 11.5 Å². The number of hydrogen-bond donors (Lipinski definition) is 1. The molecule has 2 aromatic carbocycles. The zero-order valence-corrected chi connectivity index (χ0v) is 15.9. The van der Waals surface area contributed by atoms with Gasteiger partial charge in [-0.05, 0) is 36.8 Å². The van der Waals surface area contributed by atoms with Crippen LogP contribution in [-0.4, -0.2) is 46.4 Å². The van der Waals surface area contributed by atoms with Crippen molar-refractivity contribution in [3.63, 3.8) is 0 Å². The lowest BCUT2D eigenvalue weighted by molar-refractivity contribution is -0.385. The Kier molecular flexibility index (Phi) is 6.03. The van der Waals surface area contributed by atoms with Crippen molar-refractivity contribution in [3.05, 3.63) is 70.3 Å². The van der Waals surface area contributed by atoms with E-state index in [1.807, 2.05) is 0 Å². The molecule has 10 heteroatoms. The van der Waals surface area contributed by atoms with Gasteiger partial charge in [0.25, 0.3) is 11.6 Å². The predicted molar refractivity (Wildman–Crippen MR) is 104 cm³/mol. The number of nitrogens with zero attached hydrogens (tertiary/aromatic N) is 4. The molecule has 0 saturated heterocycles. The first-order valence-corrected chi connectivity index (χ1v) is 8.66. The molecule has 29 heavy (non-hydrogen) atoms. The highest BCUT2D eigenvalue weighted by atomic mass is 16.6. The van der Waals surface area contributed by atoms with Gasteiger partial charge in [-0.15, -0.1) is 0 Å². The second-order valence-corrected chi connectivity index (χ2v) is 5.99. The van der Waals surface area contributed by atoms with Gasteiger partial charge in [-0.2, -0.15) is 5.10 Å². The van der Waals surface area contributed by atoms with Crippen LogP contribution >= 0.6 is 0 Å². The highest BCUT2D eigenvalue weighted by Gasteiger charge is 2.19. The number of carbonyl (C=O) groups excluding carboxylic acids is 1. The molecule has 1 aromatic heterocycles. The molecule has 3 aromatic rings. The molecular weight excluding hydrogens is 378 g/mol. The number of benzene rings is 2. The molecule has 1 N–H and O–H groups in total. The Balaban J connectivity index is 1.66. The largest absolute Gasteiger partial charge is 0.493 e. The maximum Gasteiger partial charge on any atom is 0.276 e. The molecule has 150 valence electrons. The van der Waals surface area contributed by atoms with Crippen LogP contribution in [0.2, 0.25) is 0 Å². The molecule has 0 atom stereocenters. The monoisotopic (exact) mass is 397 g/mol. The molecule has 0 aliphatic heterocycles. The number of methoxy groups -OCH3 is 2. The Hall–Kier alpha value is -3.95. The molecule has 0 unspecified atom stereocenters. The standard InChI is InChI=1S/C19H19N5O5/c1-28-17-9-14(16(24(26)27)10-18(17)29-2)7-8-21-19(25)13-3-5-15(6-4-13)23-12-20-11-22-23/h3-6,9-12H,7-8H2,1-2H3,(H,21,25). The number of nitrogens with one attached hydrogen (secondary N) is 1. The minimum atomic E-state index is -0.484. The fourth-order valence-electron chi connectivity index (χ4n) is 2.80. The van der Waals surface area contributed by atoms with Crippen LogP contribution < -0.4 is 14.8 Å². The van der Waals surface area contributed by atoms with E-state index in [2.05, 4.69) is 15.4 Å². The molecule has 10 nitrogen and oxygen atoms in total.